The Hall–Kier alpha value is -0.0800. The zero-order valence-electron chi connectivity index (χ0n) is 10.5. The van der Waals surface area contributed by atoms with E-state index in [2.05, 4.69) is 31.0 Å². The number of hydrogen-bond acceptors (Lipinski definition) is 2. The highest BCUT2D eigenvalue weighted by Gasteiger charge is 2.40. The molecule has 1 saturated heterocycles. The predicted molar refractivity (Wildman–Crippen MR) is 65.1 cm³/mol. The van der Waals surface area contributed by atoms with Crippen LogP contribution >= 0.6 is 0 Å². The molecule has 0 radical (unpaired) electrons. The molecule has 0 aromatic rings. The largest absolute Gasteiger partial charge is 0.312 e. The molecule has 1 saturated carbocycles. The van der Waals surface area contributed by atoms with Crippen LogP contribution < -0.4 is 5.32 Å². The van der Waals surface area contributed by atoms with Crippen molar-refractivity contribution in [2.24, 2.45) is 5.92 Å². The Labute approximate surface area is 94.4 Å². The van der Waals surface area contributed by atoms with Gasteiger partial charge in [0.15, 0.2) is 0 Å². The second kappa shape index (κ2) is 4.84. The fourth-order valence-corrected chi connectivity index (χ4v) is 2.93. The van der Waals surface area contributed by atoms with Gasteiger partial charge in [-0.15, -0.1) is 0 Å². The molecular weight excluding hydrogens is 184 g/mol. The molecule has 0 spiro atoms. The summed E-state index contributed by atoms with van der Waals surface area (Å²) < 4.78 is 0. The third kappa shape index (κ3) is 2.94. The Kier molecular flexibility index (Phi) is 3.68. The number of hydrogen-bond donors (Lipinski definition) is 1. The molecule has 4 unspecified atom stereocenters. The van der Waals surface area contributed by atoms with E-state index in [0.29, 0.717) is 12.1 Å². The zero-order valence-corrected chi connectivity index (χ0v) is 10.5. The van der Waals surface area contributed by atoms with E-state index >= 15 is 0 Å². The van der Waals surface area contributed by atoms with Crippen LogP contribution in [0.15, 0.2) is 0 Å². The smallest absolute Gasteiger partial charge is 0.0127 e. The third-order valence-electron chi connectivity index (χ3n) is 4.15. The van der Waals surface area contributed by atoms with Gasteiger partial charge >= 0.3 is 0 Å². The van der Waals surface area contributed by atoms with Gasteiger partial charge in [0.2, 0.25) is 0 Å². The molecule has 1 N–H and O–H groups in total. The minimum atomic E-state index is 0.696. The van der Waals surface area contributed by atoms with E-state index < -0.39 is 0 Å². The standard InChI is InChI=1S/C13H26N2/c1-4-12-9-13(12)15-7-5-10(2)14-11(3)6-8-15/h10-14H,4-9H2,1-3H3. The lowest BCUT2D eigenvalue weighted by Crippen LogP contribution is -2.43. The second-order valence-electron chi connectivity index (χ2n) is 5.55. The van der Waals surface area contributed by atoms with Gasteiger partial charge in [0.25, 0.3) is 0 Å². The Bertz CT molecular complexity index is 193. The van der Waals surface area contributed by atoms with Crippen LogP contribution in [-0.2, 0) is 0 Å². The van der Waals surface area contributed by atoms with Crippen molar-refractivity contribution in [3.63, 3.8) is 0 Å². The molecule has 88 valence electrons. The lowest BCUT2D eigenvalue weighted by atomic mass is 10.1. The molecule has 15 heavy (non-hydrogen) atoms. The summed E-state index contributed by atoms with van der Waals surface area (Å²) in [6, 6.07) is 2.33. The highest BCUT2D eigenvalue weighted by molar-refractivity contribution is 4.95. The van der Waals surface area contributed by atoms with Crippen LogP contribution in [0.25, 0.3) is 0 Å². The maximum Gasteiger partial charge on any atom is 0.0127 e. The fourth-order valence-electron chi connectivity index (χ4n) is 2.93. The van der Waals surface area contributed by atoms with Gasteiger partial charge in [0.05, 0.1) is 0 Å². The van der Waals surface area contributed by atoms with E-state index in [1.165, 1.54) is 38.8 Å². The van der Waals surface area contributed by atoms with E-state index in [-0.39, 0.29) is 0 Å². The van der Waals surface area contributed by atoms with Gasteiger partial charge in [-0.25, -0.2) is 0 Å². The molecular formula is C13H26N2. The highest BCUT2D eigenvalue weighted by Crippen LogP contribution is 2.38. The van der Waals surface area contributed by atoms with Crippen LogP contribution in [0.5, 0.6) is 0 Å². The SMILES string of the molecule is CCC1CC1N1CCC(C)NC(C)CC1. The molecule has 1 heterocycles. The van der Waals surface area contributed by atoms with Gasteiger partial charge in [0.1, 0.15) is 0 Å². The number of rotatable bonds is 2. The summed E-state index contributed by atoms with van der Waals surface area (Å²) >= 11 is 0. The van der Waals surface area contributed by atoms with Gasteiger partial charge in [-0.05, 0) is 52.1 Å². The monoisotopic (exact) mass is 210 g/mol. The Morgan fingerprint density at radius 3 is 2.20 bits per heavy atom. The van der Waals surface area contributed by atoms with Crippen molar-refractivity contribution in [2.45, 2.75) is 64.6 Å². The molecule has 2 rings (SSSR count). The van der Waals surface area contributed by atoms with Gasteiger partial charge in [-0.2, -0.15) is 0 Å². The summed E-state index contributed by atoms with van der Waals surface area (Å²) in [4.78, 5) is 2.75. The van der Waals surface area contributed by atoms with Crippen LogP contribution in [0.2, 0.25) is 0 Å². The molecule has 0 aromatic carbocycles. The van der Waals surface area contributed by atoms with Crippen LogP contribution in [0, 0.1) is 5.92 Å². The molecule has 2 fully saturated rings. The van der Waals surface area contributed by atoms with E-state index in [0.717, 1.165) is 12.0 Å². The summed E-state index contributed by atoms with van der Waals surface area (Å²) in [5.41, 5.74) is 0. The second-order valence-corrected chi connectivity index (χ2v) is 5.55. The first-order valence-corrected chi connectivity index (χ1v) is 6.70. The third-order valence-corrected chi connectivity index (χ3v) is 4.15. The van der Waals surface area contributed by atoms with Crippen molar-refractivity contribution in [2.75, 3.05) is 13.1 Å². The van der Waals surface area contributed by atoms with Crippen molar-refractivity contribution >= 4 is 0 Å². The maximum absolute atomic E-state index is 3.66. The minimum absolute atomic E-state index is 0.696. The normalized spacial score (nSPS) is 43.4. The van der Waals surface area contributed by atoms with E-state index in [4.69, 9.17) is 0 Å². The zero-order chi connectivity index (χ0) is 10.8. The van der Waals surface area contributed by atoms with Gasteiger partial charge in [-0.1, -0.05) is 13.3 Å². The summed E-state index contributed by atoms with van der Waals surface area (Å²) in [6.07, 6.45) is 5.48. The first-order chi connectivity index (χ1) is 7.20. The maximum atomic E-state index is 3.66. The molecule has 2 aliphatic rings. The molecule has 4 atom stereocenters. The fraction of sp³-hybridized carbons (Fsp3) is 1.00. The van der Waals surface area contributed by atoms with Crippen molar-refractivity contribution in [1.29, 1.82) is 0 Å². The Balaban J connectivity index is 1.84. The first-order valence-electron chi connectivity index (χ1n) is 6.70. The molecule has 0 amide bonds. The Morgan fingerprint density at radius 2 is 1.73 bits per heavy atom. The van der Waals surface area contributed by atoms with Gasteiger partial charge in [0, 0.05) is 18.1 Å². The molecule has 1 aliphatic heterocycles. The van der Waals surface area contributed by atoms with Crippen molar-refractivity contribution in [1.82, 2.24) is 10.2 Å². The van der Waals surface area contributed by atoms with Crippen LogP contribution in [-0.4, -0.2) is 36.1 Å². The molecule has 0 bridgehead atoms. The van der Waals surface area contributed by atoms with Gasteiger partial charge < -0.3 is 5.32 Å². The van der Waals surface area contributed by atoms with E-state index in [9.17, 15) is 0 Å². The Morgan fingerprint density at radius 1 is 1.13 bits per heavy atom. The summed E-state index contributed by atoms with van der Waals surface area (Å²) in [7, 11) is 0. The number of nitrogens with zero attached hydrogens (tertiary/aromatic N) is 1. The highest BCUT2D eigenvalue weighted by atomic mass is 15.2. The first kappa shape index (κ1) is 11.4. The predicted octanol–water partition coefficient (Wildman–Crippen LogP) is 2.25. The molecule has 0 aromatic heterocycles. The van der Waals surface area contributed by atoms with Crippen LogP contribution in [0.4, 0.5) is 0 Å². The summed E-state index contributed by atoms with van der Waals surface area (Å²) in [5, 5.41) is 3.66. The average Bonchev–Trinajstić information content (AvgIpc) is 2.94. The summed E-state index contributed by atoms with van der Waals surface area (Å²) in [5.74, 6) is 1.02. The molecule has 1 aliphatic carbocycles. The van der Waals surface area contributed by atoms with Crippen molar-refractivity contribution in [3.05, 3.63) is 0 Å². The van der Waals surface area contributed by atoms with E-state index in [1.807, 2.05) is 0 Å². The summed E-state index contributed by atoms with van der Waals surface area (Å²) in [6.45, 7) is 9.60. The van der Waals surface area contributed by atoms with Crippen LogP contribution in [0.1, 0.15) is 46.5 Å². The minimum Gasteiger partial charge on any atom is -0.312 e. The number of nitrogens with one attached hydrogen (secondary N) is 1. The topological polar surface area (TPSA) is 15.3 Å². The molecule has 2 heteroatoms. The van der Waals surface area contributed by atoms with Gasteiger partial charge in [-0.3, -0.25) is 4.90 Å². The van der Waals surface area contributed by atoms with Crippen molar-refractivity contribution in [3.8, 4) is 0 Å². The quantitative estimate of drug-likeness (QED) is 0.752. The lowest BCUT2D eigenvalue weighted by molar-refractivity contribution is 0.202. The van der Waals surface area contributed by atoms with Crippen LogP contribution in [0.3, 0.4) is 0 Å². The average molecular weight is 210 g/mol. The van der Waals surface area contributed by atoms with E-state index in [1.54, 1.807) is 0 Å². The van der Waals surface area contributed by atoms with Crippen molar-refractivity contribution < 1.29 is 0 Å². The lowest BCUT2D eigenvalue weighted by Gasteiger charge is -2.31. The molecule has 2 nitrogen and oxygen atoms in total.